The molecule has 0 radical (unpaired) electrons. The van der Waals surface area contributed by atoms with E-state index in [1.54, 1.807) is 12.1 Å². The van der Waals surface area contributed by atoms with Crippen LogP contribution in [0.3, 0.4) is 0 Å². The van der Waals surface area contributed by atoms with Crippen molar-refractivity contribution < 1.29 is 17.9 Å². The Balaban J connectivity index is 2.94. The summed E-state index contributed by atoms with van der Waals surface area (Å²) in [7, 11) is 0. The van der Waals surface area contributed by atoms with Crippen molar-refractivity contribution in [3.63, 3.8) is 0 Å². The average Bonchev–Trinajstić information content (AvgIpc) is 2.25. The van der Waals surface area contributed by atoms with Gasteiger partial charge in [-0.05, 0) is 30.0 Å². The Bertz CT molecular complexity index is 368. The summed E-state index contributed by atoms with van der Waals surface area (Å²) in [6.45, 7) is 0. The monoisotopic (exact) mass is 330 g/mol. The third-order valence-electron chi connectivity index (χ3n) is 2.09. The van der Waals surface area contributed by atoms with Crippen LogP contribution in [-0.2, 0) is 12.3 Å². The van der Waals surface area contributed by atoms with E-state index in [-0.39, 0.29) is 11.6 Å². The van der Waals surface area contributed by atoms with Crippen LogP contribution in [0.1, 0.15) is 17.5 Å². The zero-order valence-corrected chi connectivity index (χ0v) is 11.2. The zero-order chi connectivity index (χ0) is 12.9. The first-order valence-corrected chi connectivity index (χ1v) is 6.61. The molecule has 96 valence electrons. The van der Waals surface area contributed by atoms with Crippen molar-refractivity contribution in [2.75, 3.05) is 5.33 Å². The van der Waals surface area contributed by atoms with Crippen LogP contribution in [-0.4, -0.2) is 11.7 Å². The number of hydrogen-bond acceptors (Lipinski definition) is 1. The van der Waals surface area contributed by atoms with Crippen LogP contribution < -0.4 is 4.74 Å². The predicted molar refractivity (Wildman–Crippen MR) is 64.8 cm³/mol. The van der Waals surface area contributed by atoms with Gasteiger partial charge in [-0.15, -0.1) is 24.8 Å². The summed E-state index contributed by atoms with van der Waals surface area (Å²) in [5.41, 5.74) is 1.14. The fraction of sp³-hybridized carbons (Fsp3) is 0.455. The van der Waals surface area contributed by atoms with Gasteiger partial charge in [-0.1, -0.05) is 28.1 Å². The first-order valence-electron chi connectivity index (χ1n) is 4.95. The summed E-state index contributed by atoms with van der Waals surface area (Å²) in [5, 5.41) is 0.732. The highest BCUT2D eigenvalue weighted by Gasteiger charge is 2.32. The molecule has 1 rings (SSSR count). The summed E-state index contributed by atoms with van der Waals surface area (Å²) < 4.78 is 40.6. The third kappa shape index (κ3) is 5.17. The second-order valence-corrected chi connectivity index (χ2v) is 4.48. The van der Waals surface area contributed by atoms with E-state index in [0.29, 0.717) is 17.5 Å². The van der Waals surface area contributed by atoms with Crippen LogP contribution in [0.25, 0.3) is 0 Å². The zero-order valence-electron chi connectivity index (χ0n) is 8.86. The Morgan fingerprint density at radius 1 is 1.29 bits per heavy atom. The molecular weight excluding hydrogens is 320 g/mol. The van der Waals surface area contributed by atoms with Crippen LogP contribution in [0.4, 0.5) is 13.2 Å². The van der Waals surface area contributed by atoms with Gasteiger partial charge in [0.1, 0.15) is 5.75 Å². The van der Waals surface area contributed by atoms with Gasteiger partial charge >= 0.3 is 6.36 Å². The molecule has 1 aromatic carbocycles. The number of ether oxygens (including phenoxy) is 1. The molecule has 0 bridgehead atoms. The van der Waals surface area contributed by atoms with E-state index in [4.69, 9.17) is 11.6 Å². The van der Waals surface area contributed by atoms with Crippen molar-refractivity contribution >= 4 is 27.5 Å². The molecular formula is C11H11BrClF3O. The highest BCUT2D eigenvalue weighted by molar-refractivity contribution is 9.09. The number of aryl methyl sites for hydroxylation is 1. The second-order valence-electron chi connectivity index (χ2n) is 3.42. The van der Waals surface area contributed by atoms with Crippen LogP contribution in [0.2, 0.25) is 0 Å². The molecule has 0 aliphatic heterocycles. The van der Waals surface area contributed by atoms with Crippen LogP contribution in [0, 0.1) is 0 Å². The van der Waals surface area contributed by atoms with Gasteiger partial charge in [0.05, 0.1) is 0 Å². The SMILES string of the molecule is FC(F)(F)Oc1cc(CCl)ccc1CCCBr. The number of halogens is 5. The number of benzene rings is 1. The first-order chi connectivity index (χ1) is 7.96. The summed E-state index contributed by atoms with van der Waals surface area (Å²) >= 11 is 8.82. The molecule has 0 aliphatic rings. The molecule has 1 aromatic rings. The standard InChI is InChI=1S/C11H11BrClF3O/c12-5-1-2-9-4-3-8(7-13)6-10(9)17-11(14,15)16/h3-4,6H,1-2,5,7H2. The van der Waals surface area contributed by atoms with Crippen LogP contribution in [0.5, 0.6) is 5.75 Å². The molecule has 1 nitrogen and oxygen atoms in total. The molecule has 0 saturated heterocycles. The van der Waals surface area contributed by atoms with Gasteiger partial charge < -0.3 is 4.74 Å². The summed E-state index contributed by atoms with van der Waals surface area (Å²) in [5.74, 6) is 0.00374. The quantitative estimate of drug-likeness (QED) is 0.714. The van der Waals surface area contributed by atoms with Crippen molar-refractivity contribution in [2.24, 2.45) is 0 Å². The van der Waals surface area contributed by atoms with Gasteiger partial charge in [0.25, 0.3) is 0 Å². The maximum Gasteiger partial charge on any atom is 0.573 e. The molecule has 0 aliphatic carbocycles. The minimum absolute atomic E-state index is 0.156. The smallest absolute Gasteiger partial charge is 0.405 e. The normalized spacial score (nSPS) is 11.6. The summed E-state index contributed by atoms with van der Waals surface area (Å²) in [6.07, 6.45) is -3.40. The van der Waals surface area contributed by atoms with Gasteiger partial charge in [-0.2, -0.15) is 0 Å². The first kappa shape index (κ1) is 14.6. The lowest BCUT2D eigenvalue weighted by Crippen LogP contribution is -2.18. The van der Waals surface area contributed by atoms with E-state index in [1.807, 2.05) is 0 Å². The van der Waals surface area contributed by atoms with Gasteiger partial charge in [-0.25, -0.2) is 0 Å². The van der Waals surface area contributed by atoms with Crippen molar-refractivity contribution in [1.82, 2.24) is 0 Å². The lowest BCUT2D eigenvalue weighted by molar-refractivity contribution is -0.274. The van der Waals surface area contributed by atoms with Gasteiger partial charge in [0.2, 0.25) is 0 Å². The molecule has 0 spiro atoms. The van der Waals surface area contributed by atoms with Crippen LogP contribution >= 0.6 is 27.5 Å². The van der Waals surface area contributed by atoms with Crippen molar-refractivity contribution in [2.45, 2.75) is 25.1 Å². The number of rotatable bonds is 5. The van der Waals surface area contributed by atoms with E-state index in [2.05, 4.69) is 20.7 Å². The Labute approximate surface area is 111 Å². The van der Waals surface area contributed by atoms with E-state index >= 15 is 0 Å². The molecule has 0 atom stereocenters. The minimum Gasteiger partial charge on any atom is -0.405 e. The predicted octanol–water partition coefficient (Wildman–Crippen LogP) is 4.65. The van der Waals surface area contributed by atoms with Gasteiger partial charge in [0.15, 0.2) is 0 Å². The second kappa shape index (κ2) is 6.50. The van der Waals surface area contributed by atoms with Crippen molar-refractivity contribution in [3.8, 4) is 5.75 Å². The molecule has 0 N–H and O–H groups in total. The van der Waals surface area contributed by atoms with E-state index in [9.17, 15) is 13.2 Å². The summed E-state index contributed by atoms with van der Waals surface area (Å²) in [4.78, 5) is 0. The molecule has 0 heterocycles. The van der Waals surface area contributed by atoms with Crippen molar-refractivity contribution in [1.29, 1.82) is 0 Å². The Hall–Kier alpha value is -0.420. The maximum absolute atomic E-state index is 12.2. The van der Waals surface area contributed by atoms with Crippen LogP contribution in [0.15, 0.2) is 18.2 Å². The molecule has 0 aromatic heterocycles. The van der Waals surface area contributed by atoms with Crippen molar-refractivity contribution in [3.05, 3.63) is 29.3 Å². The van der Waals surface area contributed by atoms with Gasteiger partial charge in [0, 0.05) is 11.2 Å². The Morgan fingerprint density at radius 2 is 2.00 bits per heavy atom. The lowest BCUT2D eigenvalue weighted by Gasteiger charge is -2.14. The van der Waals surface area contributed by atoms with Gasteiger partial charge in [-0.3, -0.25) is 0 Å². The highest BCUT2D eigenvalue weighted by Crippen LogP contribution is 2.29. The molecule has 17 heavy (non-hydrogen) atoms. The average molecular weight is 332 g/mol. The molecule has 0 amide bonds. The fourth-order valence-corrected chi connectivity index (χ4v) is 1.81. The largest absolute Gasteiger partial charge is 0.573 e. The Morgan fingerprint density at radius 3 is 2.53 bits per heavy atom. The van der Waals surface area contributed by atoms with E-state index in [0.717, 1.165) is 11.8 Å². The molecule has 0 fully saturated rings. The lowest BCUT2D eigenvalue weighted by atomic mass is 10.1. The molecule has 0 saturated carbocycles. The number of alkyl halides is 5. The molecule has 0 unspecified atom stereocenters. The number of hydrogen-bond donors (Lipinski definition) is 0. The van der Waals surface area contributed by atoms with E-state index < -0.39 is 6.36 Å². The highest BCUT2D eigenvalue weighted by atomic mass is 79.9. The van der Waals surface area contributed by atoms with E-state index in [1.165, 1.54) is 6.07 Å². The summed E-state index contributed by atoms with van der Waals surface area (Å²) in [6, 6.07) is 4.67. The minimum atomic E-state index is -4.67. The maximum atomic E-state index is 12.2. The molecule has 6 heteroatoms. The topological polar surface area (TPSA) is 9.23 Å². The third-order valence-corrected chi connectivity index (χ3v) is 2.96. The Kier molecular flexibility index (Phi) is 5.59. The fourth-order valence-electron chi connectivity index (χ4n) is 1.37.